The zero-order valence-electron chi connectivity index (χ0n) is 12.9. The van der Waals surface area contributed by atoms with Gasteiger partial charge in [-0.2, -0.15) is 0 Å². The molecule has 0 heterocycles. The molecular formula is C15H22ClNO4. The van der Waals surface area contributed by atoms with E-state index in [9.17, 15) is 4.79 Å². The lowest BCUT2D eigenvalue weighted by molar-refractivity contribution is -0.141. The first-order valence-corrected chi connectivity index (χ1v) is 7.21. The van der Waals surface area contributed by atoms with Gasteiger partial charge in [-0.05, 0) is 6.42 Å². The maximum absolute atomic E-state index is 11.9. The molecule has 1 atom stereocenters. The Morgan fingerprint density at radius 1 is 1.24 bits per heavy atom. The van der Waals surface area contributed by atoms with Crippen LogP contribution in [-0.4, -0.2) is 33.3 Å². The van der Waals surface area contributed by atoms with Crippen molar-refractivity contribution in [3.63, 3.8) is 0 Å². The summed E-state index contributed by atoms with van der Waals surface area (Å²) < 4.78 is 15.3. The molecule has 1 N–H and O–H groups in total. The Labute approximate surface area is 130 Å². The summed E-state index contributed by atoms with van der Waals surface area (Å²) in [5, 5.41) is 3.60. The second-order valence-corrected chi connectivity index (χ2v) is 4.96. The average molecular weight is 316 g/mol. The normalized spacial score (nSPS) is 11.7. The summed E-state index contributed by atoms with van der Waals surface area (Å²) in [4.78, 5) is 11.9. The Morgan fingerprint density at radius 2 is 1.90 bits per heavy atom. The Balaban J connectivity index is 3.03. The number of hydrogen-bond donors (Lipinski definition) is 1. The summed E-state index contributed by atoms with van der Waals surface area (Å²) in [6.07, 6.45) is 2.59. The fraction of sp³-hybridized carbons (Fsp3) is 0.533. The molecule has 0 aliphatic rings. The van der Waals surface area contributed by atoms with Crippen LogP contribution in [0.2, 0.25) is 5.02 Å². The van der Waals surface area contributed by atoms with Gasteiger partial charge in [0.1, 0.15) is 17.5 Å². The summed E-state index contributed by atoms with van der Waals surface area (Å²) in [5.74, 6) is 0.754. The topological polar surface area (TPSA) is 56.8 Å². The second kappa shape index (κ2) is 8.62. The number of hydrogen-bond acceptors (Lipinski definition) is 5. The first-order chi connectivity index (χ1) is 10.1. The van der Waals surface area contributed by atoms with Crippen molar-refractivity contribution in [3.8, 4) is 11.5 Å². The van der Waals surface area contributed by atoms with Crippen LogP contribution in [0.15, 0.2) is 12.1 Å². The van der Waals surface area contributed by atoms with Crippen molar-refractivity contribution in [2.24, 2.45) is 0 Å². The molecule has 0 fully saturated rings. The van der Waals surface area contributed by atoms with E-state index in [1.807, 2.05) is 0 Å². The molecule has 0 spiro atoms. The van der Waals surface area contributed by atoms with Crippen LogP contribution in [0.25, 0.3) is 0 Å². The van der Waals surface area contributed by atoms with Gasteiger partial charge in [0.15, 0.2) is 0 Å². The van der Waals surface area contributed by atoms with Crippen molar-refractivity contribution >= 4 is 23.3 Å². The van der Waals surface area contributed by atoms with Gasteiger partial charge >= 0.3 is 5.97 Å². The number of benzene rings is 1. The highest BCUT2D eigenvalue weighted by molar-refractivity contribution is 6.32. The zero-order chi connectivity index (χ0) is 15.8. The minimum absolute atomic E-state index is 0.306. The molecule has 6 heteroatoms. The molecule has 0 bridgehead atoms. The Bertz CT molecular complexity index is 479. The first kappa shape index (κ1) is 17.4. The SMILES string of the molecule is CCCCC(Nc1cc(OC)c(Cl)cc1OC)C(=O)OC. The molecule has 1 unspecified atom stereocenters. The van der Waals surface area contributed by atoms with Crippen molar-refractivity contribution in [1.29, 1.82) is 0 Å². The van der Waals surface area contributed by atoms with Gasteiger partial charge in [0.25, 0.3) is 0 Å². The van der Waals surface area contributed by atoms with Crippen LogP contribution in [0.1, 0.15) is 26.2 Å². The Hall–Kier alpha value is -1.62. The smallest absolute Gasteiger partial charge is 0.328 e. The number of anilines is 1. The maximum atomic E-state index is 11.9. The van der Waals surface area contributed by atoms with E-state index in [0.29, 0.717) is 28.6 Å². The van der Waals surface area contributed by atoms with Gasteiger partial charge in [0, 0.05) is 12.1 Å². The van der Waals surface area contributed by atoms with Crippen molar-refractivity contribution in [2.45, 2.75) is 32.2 Å². The number of methoxy groups -OCH3 is 3. The third-order valence-electron chi connectivity index (χ3n) is 3.14. The van der Waals surface area contributed by atoms with Gasteiger partial charge in [-0.1, -0.05) is 31.4 Å². The van der Waals surface area contributed by atoms with Gasteiger partial charge in [-0.15, -0.1) is 0 Å². The third kappa shape index (κ3) is 4.70. The molecule has 21 heavy (non-hydrogen) atoms. The quantitative estimate of drug-likeness (QED) is 0.744. The van der Waals surface area contributed by atoms with Crippen molar-refractivity contribution in [2.75, 3.05) is 26.6 Å². The molecular weight excluding hydrogens is 294 g/mol. The number of nitrogens with one attached hydrogen (secondary N) is 1. The predicted molar refractivity (Wildman–Crippen MR) is 83.5 cm³/mol. The van der Waals surface area contributed by atoms with E-state index in [1.165, 1.54) is 14.2 Å². The molecule has 1 rings (SSSR count). The Morgan fingerprint density at radius 3 is 2.43 bits per heavy atom. The highest BCUT2D eigenvalue weighted by atomic mass is 35.5. The van der Waals surface area contributed by atoms with Gasteiger partial charge in [-0.3, -0.25) is 0 Å². The van der Waals surface area contributed by atoms with Gasteiger partial charge in [0.05, 0.1) is 32.0 Å². The molecule has 1 aromatic rings. The van der Waals surface area contributed by atoms with Crippen molar-refractivity contribution in [3.05, 3.63) is 17.2 Å². The molecule has 0 aromatic heterocycles. The number of rotatable bonds is 8. The van der Waals surface area contributed by atoms with Gasteiger partial charge in [0.2, 0.25) is 0 Å². The molecule has 0 radical (unpaired) electrons. The minimum atomic E-state index is -0.435. The van der Waals surface area contributed by atoms with E-state index >= 15 is 0 Å². The fourth-order valence-electron chi connectivity index (χ4n) is 1.96. The molecule has 5 nitrogen and oxygen atoms in total. The highest BCUT2D eigenvalue weighted by Crippen LogP contribution is 2.36. The number of unbranched alkanes of at least 4 members (excludes halogenated alkanes) is 1. The number of carbonyl (C=O) groups is 1. The summed E-state index contributed by atoms with van der Waals surface area (Å²) in [5.41, 5.74) is 0.644. The van der Waals surface area contributed by atoms with Crippen molar-refractivity contribution in [1.82, 2.24) is 0 Å². The van der Waals surface area contributed by atoms with E-state index in [1.54, 1.807) is 19.2 Å². The number of esters is 1. The molecule has 0 aliphatic heterocycles. The highest BCUT2D eigenvalue weighted by Gasteiger charge is 2.21. The maximum Gasteiger partial charge on any atom is 0.328 e. The van der Waals surface area contributed by atoms with Crippen LogP contribution in [0.4, 0.5) is 5.69 Å². The number of carbonyl (C=O) groups excluding carboxylic acids is 1. The third-order valence-corrected chi connectivity index (χ3v) is 3.43. The van der Waals surface area contributed by atoms with Crippen LogP contribution in [0, 0.1) is 0 Å². The molecule has 0 amide bonds. The van der Waals surface area contributed by atoms with E-state index in [0.717, 1.165) is 12.8 Å². The van der Waals surface area contributed by atoms with E-state index < -0.39 is 6.04 Å². The summed E-state index contributed by atoms with van der Waals surface area (Å²) >= 11 is 6.07. The second-order valence-electron chi connectivity index (χ2n) is 4.55. The summed E-state index contributed by atoms with van der Waals surface area (Å²) in [6, 6.07) is 2.93. The molecule has 0 aliphatic carbocycles. The largest absolute Gasteiger partial charge is 0.495 e. The lowest BCUT2D eigenvalue weighted by Gasteiger charge is -2.20. The van der Waals surface area contributed by atoms with E-state index in [-0.39, 0.29) is 5.97 Å². The first-order valence-electron chi connectivity index (χ1n) is 6.83. The zero-order valence-corrected chi connectivity index (χ0v) is 13.6. The monoisotopic (exact) mass is 315 g/mol. The van der Waals surface area contributed by atoms with Crippen molar-refractivity contribution < 1.29 is 19.0 Å². The predicted octanol–water partition coefficient (Wildman–Crippen LogP) is 3.50. The lowest BCUT2D eigenvalue weighted by atomic mass is 10.1. The fourth-order valence-corrected chi connectivity index (χ4v) is 2.19. The summed E-state index contributed by atoms with van der Waals surface area (Å²) in [7, 11) is 4.46. The van der Waals surface area contributed by atoms with Gasteiger partial charge in [-0.25, -0.2) is 4.79 Å². The van der Waals surface area contributed by atoms with E-state index in [4.69, 9.17) is 25.8 Å². The molecule has 0 saturated heterocycles. The van der Waals surface area contributed by atoms with Crippen LogP contribution < -0.4 is 14.8 Å². The van der Waals surface area contributed by atoms with Crippen LogP contribution in [-0.2, 0) is 9.53 Å². The molecule has 118 valence electrons. The van der Waals surface area contributed by atoms with Crippen LogP contribution in [0.3, 0.4) is 0 Å². The van der Waals surface area contributed by atoms with E-state index in [2.05, 4.69) is 12.2 Å². The van der Waals surface area contributed by atoms with Crippen LogP contribution >= 0.6 is 11.6 Å². The molecule has 1 aromatic carbocycles. The average Bonchev–Trinajstić information content (AvgIpc) is 2.51. The number of ether oxygens (including phenoxy) is 3. The Kier molecular flexibility index (Phi) is 7.15. The number of halogens is 1. The molecule has 0 saturated carbocycles. The van der Waals surface area contributed by atoms with Gasteiger partial charge < -0.3 is 19.5 Å². The minimum Gasteiger partial charge on any atom is -0.495 e. The van der Waals surface area contributed by atoms with Crippen LogP contribution in [0.5, 0.6) is 11.5 Å². The lowest BCUT2D eigenvalue weighted by Crippen LogP contribution is -2.30. The standard InChI is InChI=1S/C15H22ClNO4/c1-5-6-7-11(15(18)21-4)17-12-9-13(19-2)10(16)8-14(12)20-3/h8-9,11,17H,5-7H2,1-4H3. The summed E-state index contributed by atoms with van der Waals surface area (Å²) in [6.45, 7) is 2.07.